The highest BCUT2D eigenvalue weighted by atomic mass is 79.9. The third-order valence-corrected chi connectivity index (χ3v) is 5.02. The van der Waals surface area contributed by atoms with Crippen LogP contribution in [0.15, 0.2) is 82.8 Å². The molecule has 0 aliphatic heterocycles. The number of nitriles is 1. The monoisotopic (exact) mass is 509 g/mol. The molecule has 0 saturated carbocycles. The van der Waals surface area contributed by atoms with Gasteiger partial charge in [0, 0.05) is 16.4 Å². The van der Waals surface area contributed by atoms with Gasteiger partial charge in [-0.15, -0.1) is 0 Å². The maximum absolute atomic E-state index is 12.4. The molecule has 6 nitrogen and oxygen atoms in total. The van der Waals surface area contributed by atoms with E-state index in [1.54, 1.807) is 54.6 Å². The number of carbonyl (C=O) groups excluding carboxylic acids is 2. The zero-order valence-corrected chi connectivity index (χ0v) is 19.0. The first-order chi connectivity index (χ1) is 15.4. The summed E-state index contributed by atoms with van der Waals surface area (Å²) < 4.78 is 6.14. The second kappa shape index (κ2) is 11.1. The number of carbonyl (C=O) groups is 2. The van der Waals surface area contributed by atoms with Gasteiger partial charge in [-0.05, 0) is 76.1 Å². The second-order valence-electron chi connectivity index (χ2n) is 6.52. The van der Waals surface area contributed by atoms with Crippen LogP contribution in [0.3, 0.4) is 0 Å². The normalized spacial score (nSPS) is 10.7. The molecule has 3 rings (SSSR count). The lowest BCUT2D eigenvalue weighted by Gasteiger charge is -2.10. The largest absolute Gasteiger partial charge is 0.483 e. The van der Waals surface area contributed by atoms with Crippen molar-refractivity contribution in [3.05, 3.63) is 93.4 Å². The Morgan fingerprint density at radius 3 is 2.34 bits per heavy atom. The highest BCUT2D eigenvalue weighted by molar-refractivity contribution is 9.10. The van der Waals surface area contributed by atoms with E-state index < -0.39 is 5.91 Å². The van der Waals surface area contributed by atoms with Crippen molar-refractivity contribution in [2.75, 3.05) is 17.2 Å². The summed E-state index contributed by atoms with van der Waals surface area (Å²) >= 11 is 9.23. The molecule has 0 spiro atoms. The fourth-order valence-corrected chi connectivity index (χ4v) is 3.27. The van der Waals surface area contributed by atoms with Crippen molar-refractivity contribution >= 4 is 56.8 Å². The van der Waals surface area contributed by atoms with Crippen LogP contribution in [0.4, 0.5) is 11.4 Å². The number of amides is 2. The van der Waals surface area contributed by atoms with E-state index in [4.69, 9.17) is 16.3 Å². The van der Waals surface area contributed by atoms with E-state index in [0.717, 1.165) is 0 Å². The van der Waals surface area contributed by atoms with Gasteiger partial charge in [0.05, 0.1) is 4.47 Å². The van der Waals surface area contributed by atoms with Gasteiger partial charge >= 0.3 is 0 Å². The van der Waals surface area contributed by atoms with Crippen molar-refractivity contribution in [1.82, 2.24) is 0 Å². The predicted octanol–water partition coefficient (Wildman–Crippen LogP) is 5.67. The van der Waals surface area contributed by atoms with Crippen molar-refractivity contribution < 1.29 is 14.3 Å². The van der Waals surface area contributed by atoms with Crippen LogP contribution < -0.4 is 15.4 Å². The molecule has 0 aliphatic carbocycles. The molecule has 0 aromatic heterocycles. The van der Waals surface area contributed by atoms with Crippen molar-refractivity contribution in [3.63, 3.8) is 0 Å². The maximum Gasteiger partial charge on any atom is 0.266 e. The van der Waals surface area contributed by atoms with Crippen LogP contribution in [0.5, 0.6) is 5.75 Å². The van der Waals surface area contributed by atoms with Gasteiger partial charge in [0.1, 0.15) is 17.4 Å². The molecule has 3 aromatic rings. The molecule has 0 bridgehead atoms. The Hall–Kier alpha value is -3.60. The van der Waals surface area contributed by atoms with E-state index in [-0.39, 0.29) is 18.1 Å². The average molecular weight is 511 g/mol. The summed E-state index contributed by atoms with van der Waals surface area (Å²) in [7, 11) is 0. The molecule has 32 heavy (non-hydrogen) atoms. The molecular formula is C24H17BrClN3O3. The Morgan fingerprint density at radius 1 is 1.00 bits per heavy atom. The van der Waals surface area contributed by atoms with E-state index in [1.165, 1.54) is 6.08 Å². The van der Waals surface area contributed by atoms with E-state index in [0.29, 0.717) is 32.2 Å². The fourth-order valence-electron chi connectivity index (χ4n) is 2.63. The molecule has 160 valence electrons. The Balaban J connectivity index is 1.63. The maximum atomic E-state index is 12.4. The quantitative estimate of drug-likeness (QED) is 0.317. The van der Waals surface area contributed by atoms with Crippen molar-refractivity contribution in [1.29, 1.82) is 5.26 Å². The van der Waals surface area contributed by atoms with E-state index in [1.807, 2.05) is 24.3 Å². The van der Waals surface area contributed by atoms with Crippen LogP contribution in [0, 0.1) is 11.3 Å². The van der Waals surface area contributed by atoms with Crippen LogP contribution in [0.2, 0.25) is 5.02 Å². The van der Waals surface area contributed by atoms with Gasteiger partial charge in [-0.25, -0.2) is 0 Å². The second-order valence-corrected chi connectivity index (χ2v) is 7.81. The van der Waals surface area contributed by atoms with Crippen LogP contribution in [-0.2, 0) is 9.59 Å². The molecule has 0 heterocycles. The van der Waals surface area contributed by atoms with Gasteiger partial charge in [0.25, 0.3) is 11.8 Å². The fraction of sp³-hybridized carbons (Fsp3) is 0.0417. The third-order valence-electron chi connectivity index (χ3n) is 4.15. The highest BCUT2D eigenvalue weighted by Gasteiger charge is 2.11. The molecular weight excluding hydrogens is 494 g/mol. The molecule has 0 aliphatic rings. The van der Waals surface area contributed by atoms with Gasteiger partial charge in [-0.3, -0.25) is 9.59 Å². The zero-order chi connectivity index (χ0) is 22.9. The summed E-state index contributed by atoms with van der Waals surface area (Å²) in [5.41, 5.74) is 1.75. The van der Waals surface area contributed by atoms with Crippen molar-refractivity contribution in [2.45, 2.75) is 0 Å². The number of ether oxygens (including phenoxy) is 1. The molecule has 8 heteroatoms. The smallest absolute Gasteiger partial charge is 0.266 e. The van der Waals surface area contributed by atoms with E-state index in [2.05, 4.69) is 26.6 Å². The van der Waals surface area contributed by atoms with Gasteiger partial charge in [-0.2, -0.15) is 5.26 Å². The number of para-hydroxylation sites is 1. The van der Waals surface area contributed by atoms with Crippen molar-refractivity contribution in [2.24, 2.45) is 0 Å². The Labute approximate surface area is 198 Å². The number of anilines is 2. The highest BCUT2D eigenvalue weighted by Crippen LogP contribution is 2.27. The lowest BCUT2D eigenvalue weighted by molar-refractivity contribution is -0.118. The van der Waals surface area contributed by atoms with Gasteiger partial charge in [0.2, 0.25) is 0 Å². The number of nitrogens with one attached hydrogen (secondary N) is 2. The summed E-state index contributed by atoms with van der Waals surface area (Å²) in [6.07, 6.45) is 1.46. The summed E-state index contributed by atoms with van der Waals surface area (Å²) in [6, 6.07) is 22.6. The standard InChI is InChI=1S/C24H17BrClN3O3/c25-21-13-16(12-17(14-27)24(31)29-20-9-7-18(26)8-10-20)6-11-22(21)32-15-23(30)28-19-4-2-1-3-5-19/h1-13H,15H2,(H,28,30)(H,29,31)/b17-12+. The van der Waals surface area contributed by atoms with Gasteiger partial charge in [0.15, 0.2) is 6.61 Å². The molecule has 0 atom stereocenters. The Bertz CT molecular complexity index is 1190. The van der Waals surface area contributed by atoms with Gasteiger partial charge in [-0.1, -0.05) is 35.9 Å². The lowest BCUT2D eigenvalue weighted by Crippen LogP contribution is -2.20. The van der Waals surface area contributed by atoms with Crippen molar-refractivity contribution in [3.8, 4) is 11.8 Å². The number of benzene rings is 3. The summed E-state index contributed by atoms with van der Waals surface area (Å²) in [5.74, 6) is -0.379. The summed E-state index contributed by atoms with van der Waals surface area (Å²) in [5, 5.41) is 15.3. The SMILES string of the molecule is N#C/C(=C\c1ccc(OCC(=O)Nc2ccccc2)c(Br)c1)C(=O)Nc1ccc(Cl)cc1. The average Bonchev–Trinajstić information content (AvgIpc) is 2.79. The van der Waals surface area contributed by atoms with Crippen LogP contribution in [0.1, 0.15) is 5.56 Å². The number of nitrogens with zero attached hydrogens (tertiary/aromatic N) is 1. The van der Waals surface area contributed by atoms with Gasteiger partial charge < -0.3 is 15.4 Å². The number of hydrogen-bond donors (Lipinski definition) is 2. The first-order valence-corrected chi connectivity index (χ1v) is 10.6. The minimum absolute atomic E-state index is 0.0669. The molecule has 2 N–H and O–H groups in total. The van der Waals surface area contributed by atoms with Crippen LogP contribution in [-0.4, -0.2) is 18.4 Å². The Kier molecular flexibility index (Phi) is 8.03. The van der Waals surface area contributed by atoms with Crippen LogP contribution in [0.25, 0.3) is 6.08 Å². The Morgan fingerprint density at radius 2 is 1.69 bits per heavy atom. The molecule has 0 unspecified atom stereocenters. The number of halogens is 2. The predicted molar refractivity (Wildman–Crippen MR) is 128 cm³/mol. The topological polar surface area (TPSA) is 91.2 Å². The van der Waals surface area contributed by atoms with Crippen LogP contribution >= 0.6 is 27.5 Å². The summed E-state index contributed by atoms with van der Waals surface area (Å²) in [4.78, 5) is 24.4. The minimum Gasteiger partial charge on any atom is -0.483 e. The molecule has 0 saturated heterocycles. The third kappa shape index (κ3) is 6.71. The minimum atomic E-state index is -0.538. The zero-order valence-electron chi connectivity index (χ0n) is 16.6. The number of hydrogen-bond acceptors (Lipinski definition) is 4. The first-order valence-electron chi connectivity index (χ1n) is 9.40. The molecule has 3 aromatic carbocycles. The number of rotatable bonds is 7. The summed E-state index contributed by atoms with van der Waals surface area (Å²) in [6.45, 7) is -0.171. The lowest BCUT2D eigenvalue weighted by atomic mass is 10.1. The van der Waals surface area contributed by atoms with E-state index in [9.17, 15) is 14.9 Å². The molecule has 0 fully saturated rings. The van der Waals surface area contributed by atoms with E-state index >= 15 is 0 Å². The molecule has 0 radical (unpaired) electrons. The molecule has 2 amide bonds. The first kappa shape index (κ1) is 23.1.